The molecule has 0 fully saturated rings. The lowest BCUT2D eigenvalue weighted by Crippen LogP contribution is -2.31. The van der Waals surface area contributed by atoms with Crippen LogP contribution >= 0.6 is 0 Å². The molecule has 4 aromatic rings. The molecule has 2 heterocycles. The Morgan fingerprint density at radius 1 is 1.03 bits per heavy atom. The first-order valence-corrected chi connectivity index (χ1v) is 14.2. The predicted molar refractivity (Wildman–Crippen MR) is 161 cm³/mol. The molecule has 0 radical (unpaired) electrons. The van der Waals surface area contributed by atoms with Crippen LogP contribution in [-0.2, 0) is 21.4 Å². The van der Waals surface area contributed by atoms with Gasteiger partial charge < -0.3 is 15.0 Å². The monoisotopic (exact) mass is 525 g/mol. The molecule has 2 aromatic carbocycles. The third-order valence-electron chi connectivity index (χ3n) is 7.62. The van der Waals surface area contributed by atoms with Crippen molar-refractivity contribution in [3.05, 3.63) is 88.7 Å². The van der Waals surface area contributed by atoms with Crippen molar-refractivity contribution in [1.82, 2.24) is 15.3 Å². The van der Waals surface area contributed by atoms with Crippen LogP contribution in [0.15, 0.2) is 60.9 Å². The zero-order valence-electron chi connectivity index (χ0n) is 24.4. The van der Waals surface area contributed by atoms with Crippen molar-refractivity contribution >= 4 is 16.9 Å². The van der Waals surface area contributed by atoms with E-state index in [1.54, 1.807) is 0 Å². The minimum atomic E-state index is -0.727. The topological polar surface area (TPSA) is 67.0 Å². The van der Waals surface area contributed by atoms with E-state index in [1.165, 1.54) is 33.2 Å². The molecule has 206 valence electrons. The Hall–Kier alpha value is -3.44. The summed E-state index contributed by atoms with van der Waals surface area (Å²) in [5, 5.41) is 4.88. The van der Waals surface area contributed by atoms with Crippen LogP contribution in [0.4, 0.5) is 0 Å². The summed E-state index contributed by atoms with van der Waals surface area (Å²) in [6.45, 7) is 14.6. The molecule has 0 bridgehead atoms. The normalized spacial score (nSPS) is 12.6. The Balaban J connectivity index is 1.60. The lowest BCUT2D eigenvalue weighted by molar-refractivity contribution is -0.148. The van der Waals surface area contributed by atoms with Crippen LogP contribution in [0.1, 0.15) is 74.3 Å². The van der Waals surface area contributed by atoms with E-state index in [-0.39, 0.29) is 11.9 Å². The summed E-state index contributed by atoms with van der Waals surface area (Å²) in [6, 6.07) is 17.3. The van der Waals surface area contributed by atoms with E-state index in [9.17, 15) is 4.79 Å². The summed E-state index contributed by atoms with van der Waals surface area (Å²) in [7, 11) is 0. The van der Waals surface area contributed by atoms with Crippen molar-refractivity contribution in [2.75, 3.05) is 19.7 Å². The minimum Gasteiger partial charge on any atom is -0.465 e. The largest absolute Gasteiger partial charge is 0.465 e. The first kappa shape index (κ1) is 28.6. The van der Waals surface area contributed by atoms with Gasteiger partial charge in [0.15, 0.2) is 0 Å². The highest BCUT2D eigenvalue weighted by atomic mass is 16.5. The van der Waals surface area contributed by atoms with Gasteiger partial charge in [0, 0.05) is 29.8 Å². The highest BCUT2D eigenvalue weighted by Gasteiger charge is 2.32. The van der Waals surface area contributed by atoms with E-state index in [4.69, 9.17) is 4.74 Å². The van der Waals surface area contributed by atoms with Gasteiger partial charge in [0.25, 0.3) is 0 Å². The van der Waals surface area contributed by atoms with E-state index in [1.807, 2.05) is 33.2 Å². The number of nitrogens with one attached hydrogen (secondary N) is 2. The second-order valence-corrected chi connectivity index (χ2v) is 11.3. The van der Waals surface area contributed by atoms with Gasteiger partial charge in [-0.3, -0.25) is 9.78 Å². The zero-order valence-corrected chi connectivity index (χ0v) is 24.4. The number of unbranched alkanes of at least 4 members (excludes halogenated alkanes) is 1. The molecule has 1 atom stereocenters. The lowest BCUT2D eigenvalue weighted by atomic mass is 9.83. The Labute approximate surface area is 233 Å². The van der Waals surface area contributed by atoms with E-state index in [0.717, 1.165) is 49.1 Å². The van der Waals surface area contributed by atoms with Gasteiger partial charge in [-0.1, -0.05) is 30.2 Å². The zero-order chi connectivity index (χ0) is 28.0. The van der Waals surface area contributed by atoms with Gasteiger partial charge in [-0.2, -0.15) is 0 Å². The minimum absolute atomic E-state index is 0.197. The number of carbonyl (C=O) groups is 1. The molecule has 2 aromatic heterocycles. The number of hydrogen-bond donors (Lipinski definition) is 2. The van der Waals surface area contributed by atoms with Crippen LogP contribution in [0, 0.1) is 13.8 Å². The molecule has 0 aliphatic heterocycles. The summed E-state index contributed by atoms with van der Waals surface area (Å²) < 4.78 is 5.41. The molecule has 0 aliphatic carbocycles. The number of rotatable bonds is 12. The highest BCUT2D eigenvalue weighted by molar-refractivity contribution is 5.93. The van der Waals surface area contributed by atoms with Gasteiger partial charge >= 0.3 is 5.97 Å². The fourth-order valence-corrected chi connectivity index (χ4v) is 5.44. The Morgan fingerprint density at radius 3 is 2.44 bits per heavy atom. The summed E-state index contributed by atoms with van der Waals surface area (Å²) in [5.41, 5.74) is 8.83. The molecule has 0 aliphatic rings. The summed E-state index contributed by atoms with van der Waals surface area (Å²) >= 11 is 0. The number of aromatic nitrogens is 2. The van der Waals surface area contributed by atoms with Crippen molar-refractivity contribution in [2.24, 2.45) is 0 Å². The number of fused-ring (bicyclic) bond motifs is 1. The van der Waals surface area contributed by atoms with Gasteiger partial charge in [-0.25, -0.2) is 0 Å². The average Bonchev–Trinajstić information content (AvgIpc) is 3.30. The van der Waals surface area contributed by atoms with E-state index in [0.29, 0.717) is 6.61 Å². The summed E-state index contributed by atoms with van der Waals surface area (Å²) in [6.07, 6.45) is 7.09. The van der Waals surface area contributed by atoms with E-state index < -0.39 is 5.41 Å². The van der Waals surface area contributed by atoms with Crippen molar-refractivity contribution in [2.45, 2.75) is 72.1 Å². The third-order valence-corrected chi connectivity index (χ3v) is 7.62. The second-order valence-electron chi connectivity index (χ2n) is 11.3. The van der Waals surface area contributed by atoms with Crippen LogP contribution < -0.4 is 5.32 Å². The maximum atomic E-state index is 12.8. The molecule has 5 heteroatoms. The standard InChI is InChI=1S/C34H43N3O2/c1-7-39-33(38)34(5,6)28-11-12-30-29(21-28)31(32(37-30)27-19-23(2)18-24(3)20-27)25(4)22-36-15-9-8-10-26-13-16-35-17-14-26/h11-14,16-21,25,36-37H,7-10,15,22H2,1-6H3/t25-/m0/s1. The van der Waals surface area contributed by atoms with Crippen LogP contribution in [0.25, 0.3) is 22.2 Å². The van der Waals surface area contributed by atoms with Gasteiger partial charge in [-0.15, -0.1) is 0 Å². The quantitative estimate of drug-likeness (QED) is 0.149. The van der Waals surface area contributed by atoms with Crippen LogP contribution in [0.3, 0.4) is 0 Å². The summed E-state index contributed by atoms with van der Waals surface area (Å²) in [4.78, 5) is 20.6. The second kappa shape index (κ2) is 12.6. The predicted octanol–water partition coefficient (Wildman–Crippen LogP) is 7.40. The molecule has 4 rings (SSSR count). The number of aromatic amines is 1. The molecule has 0 unspecified atom stereocenters. The molecular weight excluding hydrogens is 482 g/mol. The number of H-pyrrole nitrogens is 1. The summed E-state index contributed by atoms with van der Waals surface area (Å²) in [5.74, 6) is 0.0770. The van der Waals surface area contributed by atoms with Crippen LogP contribution in [0.2, 0.25) is 0 Å². The number of pyridine rings is 1. The fourth-order valence-electron chi connectivity index (χ4n) is 5.44. The average molecular weight is 526 g/mol. The third kappa shape index (κ3) is 6.77. The smallest absolute Gasteiger partial charge is 0.315 e. The number of esters is 1. The molecule has 39 heavy (non-hydrogen) atoms. The molecule has 5 nitrogen and oxygen atoms in total. The first-order valence-electron chi connectivity index (χ1n) is 14.2. The van der Waals surface area contributed by atoms with Crippen molar-refractivity contribution in [3.63, 3.8) is 0 Å². The Morgan fingerprint density at radius 2 is 1.74 bits per heavy atom. The molecule has 0 saturated heterocycles. The Bertz CT molecular complexity index is 1380. The molecule has 2 N–H and O–H groups in total. The molecule has 0 amide bonds. The van der Waals surface area contributed by atoms with Gasteiger partial charge in [0.2, 0.25) is 0 Å². The van der Waals surface area contributed by atoms with Crippen molar-refractivity contribution < 1.29 is 9.53 Å². The lowest BCUT2D eigenvalue weighted by Gasteiger charge is -2.23. The van der Waals surface area contributed by atoms with Crippen LogP contribution in [0.5, 0.6) is 0 Å². The maximum Gasteiger partial charge on any atom is 0.315 e. The molecule has 0 saturated carbocycles. The highest BCUT2D eigenvalue weighted by Crippen LogP contribution is 2.38. The van der Waals surface area contributed by atoms with Gasteiger partial charge in [-0.05, 0) is 125 Å². The SMILES string of the molecule is CCOC(=O)C(C)(C)c1ccc2[nH]c(-c3cc(C)cc(C)c3)c([C@@H](C)CNCCCCc3ccncc3)c2c1. The first-order chi connectivity index (χ1) is 18.7. The number of hydrogen-bond acceptors (Lipinski definition) is 4. The van der Waals surface area contributed by atoms with Gasteiger partial charge in [0.05, 0.1) is 17.7 Å². The molecule has 0 spiro atoms. The number of nitrogens with zero attached hydrogens (tertiary/aromatic N) is 1. The van der Waals surface area contributed by atoms with E-state index >= 15 is 0 Å². The van der Waals surface area contributed by atoms with Crippen molar-refractivity contribution in [1.29, 1.82) is 0 Å². The number of ether oxygens (including phenoxy) is 1. The van der Waals surface area contributed by atoms with Crippen LogP contribution in [-0.4, -0.2) is 35.6 Å². The van der Waals surface area contributed by atoms with Gasteiger partial charge in [0.1, 0.15) is 0 Å². The number of carbonyl (C=O) groups excluding carboxylic acids is 1. The van der Waals surface area contributed by atoms with Crippen molar-refractivity contribution in [3.8, 4) is 11.3 Å². The number of aryl methyl sites for hydroxylation is 3. The fraction of sp³-hybridized carbons (Fsp3) is 0.412. The maximum absolute atomic E-state index is 12.8. The van der Waals surface area contributed by atoms with E-state index in [2.05, 4.69) is 84.6 Å². The molecular formula is C34H43N3O2. The Kier molecular flexibility index (Phi) is 9.24. The number of benzene rings is 2.